The number of rotatable bonds is 12. The summed E-state index contributed by atoms with van der Waals surface area (Å²) < 4.78 is 14.9. The second-order valence-corrected chi connectivity index (χ2v) is 5.08. The Morgan fingerprint density at radius 2 is 1.67 bits per heavy atom. The molecule has 0 aliphatic heterocycles. The molecule has 0 aromatic carbocycles. The minimum absolute atomic E-state index is 0.229. The molecule has 1 atom stereocenters. The Kier molecular flexibility index (Phi) is 12.7. The van der Waals surface area contributed by atoms with Crippen LogP contribution in [-0.4, -0.2) is 38.9 Å². The molecule has 0 fully saturated rings. The quantitative estimate of drug-likeness (QED) is 0.315. The summed E-state index contributed by atoms with van der Waals surface area (Å²) in [6.45, 7) is 5.45. The monoisotopic (exact) mass is 300 g/mol. The maximum absolute atomic E-state index is 11.4. The van der Waals surface area contributed by atoms with Crippen LogP contribution < -0.4 is 0 Å². The molecule has 0 amide bonds. The smallest absolute Gasteiger partial charge is 0.331 e. The number of ether oxygens (including phenoxy) is 3. The van der Waals surface area contributed by atoms with E-state index in [0.29, 0.717) is 19.8 Å². The second-order valence-electron chi connectivity index (χ2n) is 5.08. The van der Waals surface area contributed by atoms with Gasteiger partial charge in [-0.15, -0.1) is 0 Å². The molecular weight excluding hydrogens is 272 g/mol. The van der Waals surface area contributed by atoms with E-state index in [9.17, 15) is 9.59 Å². The van der Waals surface area contributed by atoms with Crippen molar-refractivity contribution >= 4 is 11.9 Å². The van der Waals surface area contributed by atoms with E-state index in [4.69, 9.17) is 14.2 Å². The van der Waals surface area contributed by atoms with Gasteiger partial charge in [0, 0.05) is 25.9 Å². The zero-order valence-corrected chi connectivity index (χ0v) is 13.4. The van der Waals surface area contributed by atoms with Gasteiger partial charge in [0.15, 0.2) is 0 Å². The van der Waals surface area contributed by atoms with Crippen LogP contribution >= 0.6 is 0 Å². The summed E-state index contributed by atoms with van der Waals surface area (Å²) in [4.78, 5) is 22.7. The van der Waals surface area contributed by atoms with E-state index in [1.165, 1.54) is 0 Å². The second kappa shape index (κ2) is 13.6. The summed E-state index contributed by atoms with van der Waals surface area (Å²) in [7, 11) is 1.63. The first kappa shape index (κ1) is 19.6. The van der Waals surface area contributed by atoms with Gasteiger partial charge in [-0.2, -0.15) is 0 Å². The Labute approximate surface area is 127 Å². The van der Waals surface area contributed by atoms with Crippen molar-refractivity contribution in [3.05, 3.63) is 12.2 Å². The van der Waals surface area contributed by atoms with Gasteiger partial charge in [-0.1, -0.05) is 33.1 Å². The van der Waals surface area contributed by atoms with Gasteiger partial charge in [-0.25, -0.2) is 9.59 Å². The highest BCUT2D eigenvalue weighted by molar-refractivity contribution is 5.91. The Balaban J connectivity index is 3.70. The molecular formula is C16H28O5. The fourth-order valence-electron chi connectivity index (χ4n) is 1.56. The van der Waals surface area contributed by atoms with Gasteiger partial charge in [-0.3, -0.25) is 0 Å². The van der Waals surface area contributed by atoms with Crippen LogP contribution in [0.5, 0.6) is 0 Å². The molecule has 0 N–H and O–H groups in total. The lowest BCUT2D eigenvalue weighted by atomic mass is 10.1. The molecule has 5 nitrogen and oxygen atoms in total. The van der Waals surface area contributed by atoms with Gasteiger partial charge >= 0.3 is 11.9 Å². The number of methoxy groups -OCH3 is 1. The average molecular weight is 300 g/mol. The van der Waals surface area contributed by atoms with Crippen molar-refractivity contribution in [2.75, 3.05) is 26.9 Å². The summed E-state index contributed by atoms with van der Waals surface area (Å²) in [5, 5.41) is 0. The van der Waals surface area contributed by atoms with Crippen molar-refractivity contribution in [1.29, 1.82) is 0 Å². The van der Waals surface area contributed by atoms with Crippen molar-refractivity contribution in [1.82, 2.24) is 0 Å². The third-order valence-electron chi connectivity index (χ3n) is 2.92. The zero-order valence-electron chi connectivity index (χ0n) is 13.4. The van der Waals surface area contributed by atoms with E-state index >= 15 is 0 Å². The van der Waals surface area contributed by atoms with Gasteiger partial charge in [0.2, 0.25) is 0 Å². The first-order valence-electron chi connectivity index (χ1n) is 7.60. The van der Waals surface area contributed by atoms with E-state index in [1.54, 1.807) is 7.11 Å². The molecule has 0 rings (SSSR count). The molecule has 122 valence electrons. The lowest BCUT2D eigenvalue weighted by Gasteiger charge is -2.09. The van der Waals surface area contributed by atoms with Crippen LogP contribution in [0.4, 0.5) is 0 Å². The van der Waals surface area contributed by atoms with E-state index in [-0.39, 0.29) is 5.92 Å². The van der Waals surface area contributed by atoms with Gasteiger partial charge in [-0.05, 0) is 18.8 Å². The maximum Gasteiger partial charge on any atom is 0.331 e. The van der Waals surface area contributed by atoms with E-state index in [0.717, 1.165) is 44.3 Å². The number of esters is 2. The highest BCUT2D eigenvalue weighted by Gasteiger charge is 2.06. The van der Waals surface area contributed by atoms with Crippen LogP contribution in [0.25, 0.3) is 0 Å². The first-order chi connectivity index (χ1) is 10.1. The molecule has 1 unspecified atom stereocenters. The number of hydrogen-bond donors (Lipinski definition) is 0. The lowest BCUT2D eigenvalue weighted by Crippen LogP contribution is -2.12. The predicted molar refractivity (Wildman–Crippen MR) is 80.9 cm³/mol. The highest BCUT2D eigenvalue weighted by atomic mass is 16.5. The molecule has 0 aromatic heterocycles. The van der Waals surface area contributed by atoms with E-state index in [1.807, 2.05) is 6.92 Å². The molecule has 0 bridgehead atoms. The van der Waals surface area contributed by atoms with Crippen molar-refractivity contribution in [3.8, 4) is 0 Å². The number of carbonyl (C=O) groups is 2. The SMILES string of the molecule is CCCCCCOC(=O)/C=C/C(=O)OCC(C)CCOC. The largest absolute Gasteiger partial charge is 0.463 e. The molecule has 21 heavy (non-hydrogen) atoms. The van der Waals surface area contributed by atoms with Crippen LogP contribution in [0.15, 0.2) is 12.2 Å². The third kappa shape index (κ3) is 13.4. The molecule has 0 saturated heterocycles. The molecule has 0 aromatic rings. The fourth-order valence-corrected chi connectivity index (χ4v) is 1.56. The van der Waals surface area contributed by atoms with Crippen LogP contribution in [0.3, 0.4) is 0 Å². The number of carbonyl (C=O) groups excluding carboxylic acids is 2. The fraction of sp³-hybridized carbons (Fsp3) is 0.750. The summed E-state index contributed by atoms with van der Waals surface area (Å²) in [5.74, 6) is -0.800. The van der Waals surface area contributed by atoms with Crippen molar-refractivity contribution < 1.29 is 23.8 Å². The topological polar surface area (TPSA) is 61.8 Å². The maximum atomic E-state index is 11.4. The Morgan fingerprint density at radius 1 is 1.00 bits per heavy atom. The molecule has 0 saturated carbocycles. The molecule has 0 radical (unpaired) electrons. The Morgan fingerprint density at radius 3 is 2.29 bits per heavy atom. The van der Waals surface area contributed by atoms with Gasteiger partial charge in [0.25, 0.3) is 0 Å². The zero-order chi connectivity index (χ0) is 15.9. The summed E-state index contributed by atoms with van der Waals surface area (Å²) in [6, 6.07) is 0. The van der Waals surface area contributed by atoms with Crippen molar-refractivity contribution in [3.63, 3.8) is 0 Å². The van der Waals surface area contributed by atoms with Gasteiger partial charge < -0.3 is 14.2 Å². The van der Waals surface area contributed by atoms with Crippen molar-refractivity contribution in [2.24, 2.45) is 5.92 Å². The number of hydrogen-bond acceptors (Lipinski definition) is 5. The van der Waals surface area contributed by atoms with Crippen molar-refractivity contribution in [2.45, 2.75) is 46.0 Å². The van der Waals surface area contributed by atoms with Gasteiger partial charge in [0.1, 0.15) is 0 Å². The van der Waals surface area contributed by atoms with Gasteiger partial charge in [0.05, 0.1) is 13.2 Å². The summed E-state index contributed by atoms with van der Waals surface area (Å²) in [6.07, 6.45) is 7.24. The predicted octanol–water partition coefficient (Wildman–Crippen LogP) is 2.88. The third-order valence-corrected chi connectivity index (χ3v) is 2.92. The highest BCUT2D eigenvalue weighted by Crippen LogP contribution is 2.03. The average Bonchev–Trinajstić information content (AvgIpc) is 2.48. The lowest BCUT2D eigenvalue weighted by molar-refractivity contribution is -0.141. The van der Waals surface area contributed by atoms with E-state index < -0.39 is 11.9 Å². The van der Waals surface area contributed by atoms with Crippen LogP contribution in [0.1, 0.15) is 46.0 Å². The first-order valence-corrected chi connectivity index (χ1v) is 7.60. The van der Waals surface area contributed by atoms with Crippen LogP contribution in [0, 0.1) is 5.92 Å². The Hall–Kier alpha value is -1.36. The normalized spacial score (nSPS) is 12.3. The molecule has 0 spiro atoms. The summed E-state index contributed by atoms with van der Waals surface area (Å²) >= 11 is 0. The minimum atomic E-state index is -0.526. The Bertz CT molecular complexity index is 312. The minimum Gasteiger partial charge on any atom is -0.463 e. The standard InChI is InChI=1S/C16H28O5/c1-4-5-6-7-11-20-15(17)8-9-16(18)21-13-14(2)10-12-19-3/h8-9,14H,4-7,10-13H2,1-3H3/b9-8+. The molecule has 5 heteroatoms. The molecule has 0 aliphatic rings. The number of unbranched alkanes of at least 4 members (excludes halogenated alkanes) is 3. The summed E-state index contributed by atoms with van der Waals surface area (Å²) in [5.41, 5.74) is 0. The van der Waals surface area contributed by atoms with Crippen LogP contribution in [0.2, 0.25) is 0 Å². The van der Waals surface area contributed by atoms with Crippen LogP contribution in [-0.2, 0) is 23.8 Å². The molecule has 0 heterocycles. The van der Waals surface area contributed by atoms with E-state index in [2.05, 4.69) is 6.92 Å². The molecule has 0 aliphatic carbocycles.